The molecule has 1 aromatic rings. The summed E-state index contributed by atoms with van der Waals surface area (Å²) in [6.45, 7) is 1.78. The molecule has 0 aliphatic heterocycles. The van der Waals surface area contributed by atoms with Crippen LogP contribution in [0.2, 0.25) is 0 Å². The van der Waals surface area contributed by atoms with E-state index in [2.05, 4.69) is 10.2 Å². The highest BCUT2D eigenvalue weighted by Crippen LogP contribution is 2.31. The molecule has 0 heterocycles. The topological polar surface area (TPSA) is 32.3 Å². The third kappa shape index (κ3) is 5.03. The third-order valence-electron chi connectivity index (χ3n) is 5.06. The van der Waals surface area contributed by atoms with Crippen LogP contribution in [0.5, 0.6) is 0 Å². The number of carbonyl (C=O) groups excluding carboxylic acids is 1. The lowest BCUT2D eigenvalue weighted by Gasteiger charge is -2.29. The van der Waals surface area contributed by atoms with Crippen LogP contribution in [-0.2, 0) is 11.3 Å². The van der Waals surface area contributed by atoms with Crippen LogP contribution in [0.4, 0.5) is 4.39 Å². The Morgan fingerprint density at radius 1 is 1.13 bits per heavy atom. The number of halogens is 1. The van der Waals surface area contributed by atoms with Gasteiger partial charge in [0.1, 0.15) is 5.82 Å². The van der Waals surface area contributed by atoms with Gasteiger partial charge in [-0.1, -0.05) is 37.5 Å². The fourth-order valence-corrected chi connectivity index (χ4v) is 3.56. The van der Waals surface area contributed by atoms with Gasteiger partial charge >= 0.3 is 0 Å². The van der Waals surface area contributed by atoms with E-state index in [4.69, 9.17) is 0 Å². The maximum atomic E-state index is 13.6. The molecule has 0 bridgehead atoms. The molecule has 2 saturated carbocycles. The fourth-order valence-electron chi connectivity index (χ4n) is 3.56. The average molecular weight is 318 g/mol. The minimum Gasteiger partial charge on any atom is -0.351 e. The van der Waals surface area contributed by atoms with Gasteiger partial charge in [0.2, 0.25) is 5.91 Å². The quantitative estimate of drug-likeness (QED) is 0.835. The zero-order chi connectivity index (χ0) is 16.1. The molecule has 1 aromatic carbocycles. The minimum atomic E-state index is -0.256. The zero-order valence-corrected chi connectivity index (χ0v) is 13.8. The summed E-state index contributed by atoms with van der Waals surface area (Å²) in [6, 6.07) is 7.21. The van der Waals surface area contributed by atoms with E-state index >= 15 is 0 Å². The highest BCUT2D eigenvalue weighted by molar-refractivity contribution is 5.78. The molecule has 0 aromatic heterocycles. The molecular weight excluding hydrogens is 291 g/mol. The average Bonchev–Trinajstić information content (AvgIpc) is 3.39. The lowest BCUT2D eigenvalue weighted by Crippen LogP contribution is -2.41. The van der Waals surface area contributed by atoms with Gasteiger partial charge in [0.05, 0.1) is 6.54 Å². The number of amides is 1. The monoisotopic (exact) mass is 318 g/mol. The van der Waals surface area contributed by atoms with Gasteiger partial charge < -0.3 is 5.32 Å². The van der Waals surface area contributed by atoms with Gasteiger partial charge in [-0.3, -0.25) is 9.69 Å². The standard InChI is InChI=1S/C19H27FN2O/c20-18-9-5-4-8-16(18)12-21-19(23)14-22(17-10-11-17)13-15-6-2-1-3-7-15/h4-5,8-9,15,17H,1-3,6-7,10-14H2,(H,21,23). The van der Waals surface area contributed by atoms with Crippen LogP contribution in [0.3, 0.4) is 0 Å². The summed E-state index contributed by atoms with van der Waals surface area (Å²) >= 11 is 0. The van der Waals surface area contributed by atoms with Crippen molar-refractivity contribution in [2.45, 2.75) is 57.5 Å². The molecular formula is C19H27FN2O. The van der Waals surface area contributed by atoms with Crippen LogP contribution < -0.4 is 5.32 Å². The summed E-state index contributed by atoms with van der Waals surface area (Å²) in [6.07, 6.45) is 9.08. The van der Waals surface area contributed by atoms with E-state index in [-0.39, 0.29) is 18.3 Å². The molecule has 0 radical (unpaired) electrons. The molecule has 0 saturated heterocycles. The molecule has 2 aliphatic rings. The van der Waals surface area contributed by atoms with E-state index in [1.807, 2.05) is 0 Å². The molecule has 0 unspecified atom stereocenters. The molecule has 126 valence electrons. The Bertz CT molecular complexity index is 524. The lowest BCUT2D eigenvalue weighted by atomic mass is 9.89. The van der Waals surface area contributed by atoms with Crippen molar-refractivity contribution in [2.24, 2.45) is 5.92 Å². The predicted molar refractivity (Wildman–Crippen MR) is 89.4 cm³/mol. The number of hydrogen-bond donors (Lipinski definition) is 1. The summed E-state index contributed by atoms with van der Waals surface area (Å²) in [5, 5.41) is 2.87. The van der Waals surface area contributed by atoms with E-state index in [1.165, 1.54) is 51.0 Å². The summed E-state index contributed by atoms with van der Waals surface area (Å²) in [7, 11) is 0. The Morgan fingerprint density at radius 2 is 1.87 bits per heavy atom. The molecule has 2 fully saturated rings. The molecule has 2 aliphatic carbocycles. The first-order chi connectivity index (χ1) is 11.2. The first-order valence-corrected chi connectivity index (χ1v) is 8.96. The second-order valence-corrected chi connectivity index (χ2v) is 7.03. The van der Waals surface area contributed by atoms with Crippen LogP contribution in [-0.4, -0.2) is 29.9 Å². The zero-order valence-electron chi connectivity index (χ0n) is 13.8. The van der Waals surface area contributed by atoms with Crippen LogP contribution in [0.15, 0.2) is 24.3 Å². The SMILES string of the molecule is O=C(CN(CC1CCCCC1)C1CC1)NCc1ccccc1F. The Morgan fingerprint density at radius 3 is 2.57 bits per heavy atom. The normalized spacial score (nSPS) is 19.0. The van der Waals surface area contributed by atoms with Gasteiger partial charge in [-0.05, 0) is 37.7 Å². The first kappa shape index (κ1) is 16.4. The molecule has 0 spiro atoms. The van der Waals surface area contributed by atoms with Crippen molar-refractivity contribution in [2.75, 3.05) is 13.1 Å². The van der Waals surface area contributed by atoms with Crippen molar-refractivity contribution in [1.29, 1.82) is 0 Å². The fraction of sp³-hybridized carbons (Fsp3) is 0.632. The van der Waals surface area contributed by atoms with Crippen LogP contribution in [0.1, 0.15) is 50.5 Å². The molecule has 0 atom stereocenters. The van der Waals surface area contributed by atoms with E-state index in [0.717, 1.165) is 12.5 Å². The highest BCUT2D eigenvalue weighted by Gasteiger charge is 2.32. The summed E-state index contributed by atoms with van der Waals surface area (Å²) in [5.41, 5.74) is 0.547. The minimum absolute atomic E-state index is 0.0102. The second-order valence-electron chi connectivity index (χ2n) is 7.03. The number of nitrogens with one attached hydrogen (secondary N) is 1. The summed E-state index contributed by atoms with van der Waals surface area (Å²) < 4.78 is 13.6. The number of hydrogen-bond acceptors (Lipinski definition) is 2. The van der Waals surface area contributed by atoms with E-state index in [9.17, 15) is 9.18 Å². The van der Waals surface area contributed by atoms with Crippen molar-refractivity contribution in [1.82, 2.24) is 10.2 Å². The Kier molecular flexibility index (Phi) is 5.65. The number of benzene rings is 1. The Labute approximate surface area is 138 Å². The summed E-state index contributed by atoms with van der Waals surface area (Å²) in [4.78, 5) is 14.6. The van der Waals surface area contributed by atoms with E-state index in [1.54, 1.807) is 18.2 Å². The van der Waals surface area contributed by atoms with Crippen molar-refractivity contribution >= 4 is 5.91 Å². The summed E-state index contributed by atoms with van der Waals surface area (Å²) in [5.74, 6) is 0.508. The first-order valence-electron chi connectivity index (χ1n) is 8.96. The van der Waals surface area contributed by atoms with Gasteiger partial charge in [-0.25, -0.2) is 4.39 Å². The van der Waals surface area contributed by atoms with Gasteiger partial charge in [-0.2, -0.15) is 0 Å². The Balaban J connectivity index is 1.47. The second kappa shape index (κ2) is 7.91. The molecule has 23 heavy (non-hydrogen) atoms. The number of nitrogens with zero attached hydrogens (tertiary/aromatic N) is 1. The van der Waals surface area contributed by atoms with Crippen molar-refractivity contribution < 1.29 is 9.18 Å². The molecule has 4 heteroatoms. The molecule has 3 nitrogen and oxygen atoms in total. The van der Waals surface area contributed by atoms with E-state index < -0.39 is 0 Å². The largest absolute Gasteiger partial charge is 0.351 e. The maximum Gasteiger partial charge on any atom is 0.234 e. The smallest absolute Gasteiger partial charge is 0.234 e. The highest BCUT2D eigenvalue weighted by atomic mass is 19.1. The van der Waals surface area contributed by atoms with E-state index in [0.29, 0.717) is 18.2 Å². The van der Waals surface area contributed by atoms with Crippen LogP contribution >= 0.6 is 0 Å². The maximum absolute atomic E-state index is 13.6. The van der Waals surface area contributed by atoms with Gasteiger partial charge in [-0.15, -0.1) is 0 Å². The van der Waals surface area contributed by atoms with Crippen LogP contribution in [0.25, 0.3) is 0 Å². The van der Waals surface area contributed by atoms with Crippen LogP contribution in [0, 0.1) is 11.7 Å². The van der Waals surface area contributed by atoms with Gasteiger partial charge in [0.15, 0.2) is 0 Å². The number of rotatable bonds is 7. The molecule has 1 amide bonds. The lowest BCUT2D eigenvalue weighted by molar-refractivity contribution is -0.122. The third-order valence-corrected chi connectivity index (χ3v) is 5.06. The Hall–Kier alpha value is -1.42. The van der Waals surface area contributed by atoms with Crippen molar-refractivity contribution in [3.8, 4) is 0 Å². The van der Waals surface area contributed by atoms with Crippen molar-refractivity contribution in [3.05, 3.63) is 35.6 Å². The van der Waals surface area contributed by atoms with Gasteiger partial charge in [0, 0.05) is 24.7 Å². The molecule has 3 rings (SSSR count). The van der Waals surface area contributed by atoms with Crippen molar-refractivity contribution in [3.63, 3.8) is 0 Å². The molecule has 1 N–H and O–H groups in total. The predicted octanol–water partition coefficient (Wildman–Crippen LogP) is 3.49. The number of carbonyl (C=O) groups is 1. The van der Waals surface area contributed by atoms with Gasteiger partial charge in [0.25, 0.3) is 0 Å².